The number of aromatic nitrogens is 1. The Bertz CT molecular complexity index is 1690. The number of aliphatic hydroxyl groups excluding tert-OH is 2. The summed E-state index contributed by atoms with van der Waals surface area (Å²) >= 11 is 3.31. The van der Waals surface area contributed by atoms with Crippen molar-refractivity contribution in [1.29, 1.82) is 0 Å². The molecule has 0 radical (unpaired) electrons. The average molecular weight is 718 g/mol. The van der Waals surface area contributed by atoms with E-state index in [0.29, 0.717) is 30.9 Å². The lowest BCUT2D eigenvalue weighted by Crippen LogP contribution is -2.60. The number of thiophene rings is 2. The SMILES string of the molecule is O=C(NC1c2ccccc2OC[C@H]1O)[C@H](Cc1ccncc1)C[C@H](O)CN1CCN(Cc2cc3ccsc3s2)C[C@H]1C(=O)NCC(F)(F)F. The lowest BCUT2D eigenvalue weighted by Gasteiger charge is -2.41. The molecule has 10 nitrogen and oxygen atoms in total. The van der Waals surface area contributed by atoms with Gasteiger partial charge in [-0.15, -0.1) is 22.7 Å². The van der Waals surface area contributed by atoms with Crippen LogP contribution in [0.3, 0.4) is 0 Å². The van der Waals surface area contributed by atoms with Gasteiger partial charge >= 0.3 is 6.18 Å². The van der Waals surface area contributed by atoms with E-state index < -0.39 is 48.8 Å². The quantitative estimate of drug-likeness (QED) is 0.175. The van der Waals surface area contributed by atoms with Gasteiger partial charge in [0.25, 0.3) is 0 Å². The van der Waals surface area contributed by atoms with Crippen LogP contribution in [-0.4, -0.2) is 101 Å². The summed E-state index contributed by atoms with van der Waals surface area (Å²) in [5, 5.41) is 30.3. The van der Waals surface area contributed by atoms with E-state index in [-0.39, 0.29) is 38.4 Å². The van der Waals surface area contributed by atoms with E-state index in [1.807, 2.05) is 21.7 Å². The summed E-state index contributed by atoms with van der Waals surface area (Å²) in [4.78, 5) is 35.9. The van der Waals surface area contributed by atoms with Crippen molar-refractivity contribution in [2.24, 2.45) is 5.92 Å². The number of alkyl halides is 3. The predicted octanol–water partition coefficient (Wildman–Crippen LogP) is 3.74. The van der Waals surface area contributed by atoms with Crippen LogP contribution in [0.2, 0.25) is 0 Å². The third-order valence-electron chi connectivity index (χ3n) is 8.87. The van der Waals surface area contributed by atoms with E-state index in [9.17, 15) is 33.0 Å². The molecule has 1 unspecified atom stereocenters. The van der Waals surface area contributed by atoms with Crippen LogP contribution in [0.25, 0.3) is 9.40 Å². The minimum absolute atomic E-state index is 0.00813. The van der Waals surface area contributed by atoms with E-state index >= 15 is 0 Å². The summed E-state index contributed by atoms with van der Waals surface area (Å²) < 4.78 is 46.0. The van der Waals surface area contributed by atoms with E-state index in [2.05, 4.69) is 16.4 Å². The molecule has 4 N–H and O–H groups in total. The normalized spacial score (nSPS) is 21.4. The number of carbonyl (C=O) groups is 2. The van der Waals surface area contributed by atoms with Crippen molar-refractivity contribution in [3.63, 3.8) is 0 Å². The molecule has 49 heavy (non-hydrogen) atoms. The predicted molar refractivity (Wildman–Crippen MR) is 180 cm³/mol. The second kappa shape index (κ2) is 15.5. The Kier molecular flexibility index (Phi) is 11.2. The van der Waals surface area contributed by atoms with Gasteiger partial charge in [-0.25, -0.2) is 0 Å². The van der Waals surface area contributed by atoms with Gasteiger partial charge in [-0.1, -0.05) is 18.2 Å². The zero-order valence-electron chi connectivity index (χ0n) is 26.5. The van der Waals surface area contributed by atoms with Gasteiger partial charge in [-0.3, -0.25) is 24.4 Å². The first-order valence-electron chi connectivity index (χ1n) is 16.1. The monoisotopic (exact) mass is 717 g/mol. The molecule has 0 aliphatic carbocycles. The first-order chi connectivity index (χ1) is 23.5. The number of hydrogen-bond acceptors (Lipinski definition) is 10. The Hall–Kier alpha value is -3.60. The minimum atomic E-state index is -4.57. The van der Waals surface area contributed by atoms with Gasteiger partial charge in [0.15, 0.2) is 0 Å². The number of piperazine rings is 1. The van der Waals surface area contributed by atoms with Crippen LogP contribution in [0.5, 0.6) is 5.75 Å². The zero-order chi connectivity index (χ0) is 34.5. The molecule has 1 aromatic carbocycles. The van der Waals surface area contributed by atoms with Crippen molar-refractivity contribution >= 4 is 43.9 Å². The van der Waals surface area contributed by atoms with Crippen LogP contribution in [-0.2, 0) is 22.6 Å². The number of benzene rings is 1. The maximum absolute atomic E-state index is 13.8. The molecule has 3 aromatic heterocycles. The number of β-amino-alcohol motifs (C(OH)–C–C–N with tert-alkyl or cyclic N) is 1. The standard InChI is InChI=1S/C34H38F3N5O5S2/c35-34(36,37)20-39-32(46)27-18-41(17-25-15-22-7-12-48-33(22)49-25)10-11-42(27)16-24(43)14-23(13-21-5-8-38-9-6-21)31(45)40-30-26-3-1-2-4-29(26)47-19-28(30)44/h1-9,12,15,23-24,27-28,30,43-44H,10-11,13-14,16-20H2,(H,39,46)(H,40,45)/t23-,24+,27+,28-,30?/m1/s1. The number of halogens is 3. The average Bonchev–Trinajstić information content (AvgIpc) is 3.67. The largest absolute Gasteiger partial charge is 0.490 e. The third-order valence-corrected chi connectivity index (χ3v) is 11.1. The van der Waals surface area contributed by atoms with Crippen molar-refractivity contribution in [1.82, 2.24) is 25.4 Å². The second-order valence-corrected chi connectivity index (χ2v) is 14.8. The topological polar surface area (TPSA) is 127 Å². The fourth-order valence-electron chi connectivity index (χ4n) is 6.46. The van der Waals surface area contributed by atoms with Crippen molar-refractivity contribution in [3.8, 4) is 5.75 Å². The summed E-state index contributed by atoms with van der Waals surface area (Å²) in [5.41, 5.74) is 1.47. The molecule has 1 saturated heterocycles. The van der Waals surface area contributed by atoms with Crippen LogP contribution >= 0.6 is 22.7 Å². The first kappa shape index (κ1) is 35.2. The van der Waals surface area contributed by atoms with Crippen molar-refractivity contribution in [3.05, 3.63) is 82.3 Å². The zero-order valence-corrected chi connectivity index (χ0v) is 28.1. The van der Waals surface area contributed by atoms with Gasteiger partial charge < -0.3 is 25.6 Å². The van der Waals surface area contributed by atoms with Crippen LogP contribution < -0.4 is 15.4 Å². The molecular formula is C34H38F3N5O5S2. The molecule has 0 bridgehead atoms. The number of carbonyl (C=O) groups excluding carboxylic acids is 2. The van der Waals surface area contributed by atoms with Crippen LogP contribution in [0.15, 0.2) is 66.3 Å². The summed E-state index contributed by atoms with van der Waals surface area (Å²) in [5.74, 6) is -1.31. The molecule has 2 amide bonds. The number of amides is 2. The number of aliphatic hydroxyl groups is 2. The molecule has 5 heterocycles. The maximum Gasteiger partial charge on any atom is 0.405 e. The number of fused-ring (bicyclic) bond motifs is 2. The van der Waals surface area contributed by atoms with Crippen molar-refractivity contribution < 1.29 is 37.7 Å². The fourth-order valence-corrected chi connectivity index (χ4v) is 8.66. The van der Waals surface area contributed by atoms with Gasteiger partial charge in [-0.05, 0) is 54.1 Å². The van der Waals surface area contributed by atoms with Gasteiger partial charge in [0.1, 0.15) is 31.0 Å². The molecule has 5 atom stereocenters. The Morgan fingerprint density at radius 2 is 1.92 bits per heavy atom. The fraction of sp³-hybridized carbons (Fsp3) is 0.441. The second-order valence-electron chi connectivity index (χ2n) is 12.5. The molecule has 15 heteroatoms. The highest BCUT2D eigenvalue weighted by Crippen LogP contribution is 2.33. The molecule has 6 rings (SSSR count). The smallest absolute Gasteiger partial charge is 0.405 e. The van der Waals surface area contributed by atoms with Gasteiger partial charge in [0.2, 0.25) is 11.8 Å². The summed E-state index contributed by atoms with van der Waals surface area (Å²) in [6.45, 7) is 0.167. The number of hydrogen-bond donors (Lipinski definition) is 4. The van der Waals surface area contributed by atoms with Crippen LogP contribution in [0.4, 0.5) is 13.2 Å². The molecular weight excluding hydrogens is 680 g/mol. The Labute approximate surface area is 289 Å². The first-order valence-corrected chi connectivity index (χ1v) is 17.8. The molecule has 4 aromatic rings. The number of ether oxygens (including phenoxy) is 1. The van der Waals surface area contributed by atoms with E-state index in [0.717, 1.165) is 15.8 Å². The molecule has 2 aliphatic rings. The van der Waals surface area contributed by atoms with Crippen LogP contribution in [0.1, 0.15) is 28.5 Å². The number of rotatable bonds is 12. The van der Waals surface area contributed by atoms with Crippen molar-refractivity contribution in [2.75, 3.05) is 39.3 Å². The van der Waals surface area contributed by atoms with E-state index in [1.54, 1.807) is 76.4 Å². The number of nitrogens with zero attached hydrogens (tertiary/aromatic N) is 3. The lowest BCUT2D eigenvalue weighted by atomic mass is 9.91. The highest BCUT2D eigenvalue weighted by atomic mass is 32.2. The summed E-state index contributed by atoms with van der Waals surface area (Å²) in [6.07, 6.45) is -3.12. The minimum Gasteiger partial charge on any atom is -0.490 e. The Morgan fingerprint density at radius 1 is 1.12 bits per heavy atom. The number of pyridine rings is 1. The molecule has 0 spiro atoms. The highest BCUT2D eigenvalue weighted by molar-refractivity contribution is 7.37. The van der Waals surface area contributed by atoms with E-state index in [4.69, 9.17) is 4.74 Å². The van der Waals surface area contributed by atoms with Crippen LogP contribution in [0, 0.1) is 5.92 Å². The summed E-state index contributed by atoms with van der Waals surface area (Å²) in [6, 6.07) is 13.2. The Morgan fingerprint density at radius 3 is 2.69 bits per heavy atom. The molecule has 262 valence electrons. The molecule has 2 aliphatic heterocycles. The van der Waals surface area contributed by atoms with Gasteiger partial charge in [0, 0.05) is 66.9 Å². The number of nitrogens with one attached hydrogen (secondary N) is 2. The highest BCUT2D eigenvalue weighted by Gasteiger charge is 2.38. The molecule has 1 fully saturated rings. The third kappa shape index (κ3) is 9.15. The van der Waals surface area contributed by atoms with Gasteiger partial charge in [0.05, 0.1) is 16.2 Å². The van der Waals surface area contributed by atoms with Gasteiger partial charge in [-0.2, -0.15) is 13.2 Å². The maximum atomic E-state index is 13.8. The lowest BCUT2D eigenvalue weighted by molar-refractivity contribution is -0.143. The number of para-hydroxylation sites is 1. The van der Waals surface area contributed by atoms with Crippen molar-refractivity contribution in [2.45, 2.75) is 49.9 Å². The summed E-state index contributed by atoms with van der Waals surface area (Å²) in [7, 11) is 0. The molecule has 0 saturated carbocycles. The Balaban J connectivity index is 1.15. The van der Waals surface area contributed by atoms with E-state index in [1.165, 1.54) is 4.01 Å².